The molecule has 2 aromatic rings. The number of hydrogen-bond donors (Lipinski definition) is 1. The highest BCUT2D eigenvalue weighted by Gasteiger charge is 2.25. The molecule has 1 N–H and O–H groups in total. The van der Waals surface area contributed by atoms with Gasteiger partial charge in [0.1, 0.15) is 0 Å². The zero-order chi connectivity index (χ0) is 20.0. The molecule has 0 unspecified atom stereocenters. The summed E-state index contributed by atoms with van der Waals surface area (Å²) in [5.74, 6) is 0.0805. The minimum Gasteiger partial charge on any atom is -0.352 e. The van der Waals surface area contributed by atoms with Gasteiger partial charge in [-0.2, -0.15) is 0 Å². The molecule has 0 saturated carbocycles. The van der Waals surface area contributed by atoms with Gasteiger partial charge in [0.15, 0.2) is 0 Å². The van der Waals surface area contributed by atoms with Crippen molar-refractivity contribution >= 4 is 33.2 Å². The summed E-state index contributed by atoms with van der Waals surface area (Å²) >= 11 is 6.14. The summed E-state index contributed by atoms with van der Waals surface area (Å²) in [6.07, 6.45) is 0.832. The van der Waals surface area contributed by atoms with E-state index < -0.39 is 10.0 Å². The predicted molar refractivity (Wildman–Crippen MR) is 110 cm³/mol. The third-order valence-corrected chi connectivity index (χ3v) is 6.34. The monoisotopic (exact) mass is 408 g/mol. The van der Waals surface area contributed by atoms with E-state index in [1.807, 2.05) is 6.07 Å². The van der Waals surface area contributed by atoms with E-state index in [-0.39, 0.29) is 27.9 Å². The Morgan fingerprint density at radius 3 is 2.41 bits per heavy atom. The number of nitrogens with zero attached hydrogens (tertiary/aromatic N) is 1. The largest absolute Gasteiger partial charge is 0.352 e. The first kappa shape index (κ1) is 21.3. The number of halogens is 1. The van der Waals surface area contributed by atoms with Gasteiger partial charge in [-0.1, -0.05) is 43.6 Å². The molecule has 0 radical (unpaired) electrons. The van der Waals surface area contributed by atoms with Gasteiger partial charge in [0.2, 0.25) is 0 Å². The predicted octanol–water partition coefficient (Wildman–Crippen LogP) is 4.33. The third-order valence-electron chi connectivity index (χ3n) is 4.11. The van der Waals surface area contributed by atoms with E-state index in [1.165, 1.54) is 22.5 Å². The molecule has 0 fully saturated rings. The number of anilines is 1. The first-order chi connectivity index (χ1) is 12.8. The highest BCUT2D eigenvalue weighted by atomic mass is 35.5. The fourth-order valence-corrected chi connectivity index (χ4v) is 4.33. The lowest BCUT2D eigenvalue weighted by atomic mass is 10.1. The fourth-order valence-electron chi connectivity index (χ4n) is 2.62. The molecule has 0 heterocycles. The third kappa shape index (κ3) is 5.23. The topological polar surface area (TPSA) is 66.5 Å². The van der Waals surface area contributed by atoms with Gasteiger partial charge < -0.3 is 5.32 Å². The molecule has 146 valence electrons. The maximum atomic E-state index is 13.1. The molecule has 1 amide bonds. The van der Waals surface area contributed by atoms with Crippen molar-refractivity contribution in [3.63, 3.8) is 0 Å². The average molecular weight is 409 g/mol. The van der Waals surface area contributed by atoms with E-state index in [4.69, 9.17) is 11.6 Å². The number of benzene rings is 2. The number of rotatable bonds is 8. The Balaban J connectivity index is 2.34. The normalized spacial score (nSPS) is 11.4. The maximum absolute atomic E-state index is 13.1. The van der Waals surface area contributed by atoms with Crippen LogP contribution in [-0.2, 0) is 10.0 Å². The van der Waals surface area contributed by atoms with E-state index in [2.05, 4.69) is 19.2 Å². The van der Waals surface area contributed by atoms with Crippen LogP contribution in [0.25, 0.3) is 0 Å². The Hall–Kier alpha value is -2.05. The van der Waals surface area contributed by atoms with Crippen molar-refractivity contribution in [1.82, 2.24) is 5.32 Å². The van der Waals surface area contributed by atoms with Crippen LogP contribution in [0.2, 0.25) is 5.02 Å². The second-order valence-electron chi connectivity index (χ2n) is 6.59. The first-order valence-corrected chi connectivity index (χ1v) is 10.7. The second kappa shape index (κ2) is 9.24. The number of sulfonamides is 1. The van der Waals surface area contributed by atoms with Crippen LogP contribution in [0.3, 0.4) is 0 Å². The van der Waals surface area contributed by atoms with Crippen molar-refractivity contribution in [2.75, 3.05) is 17.4 Å². The van der Waals surface area contributed by atoms with E-state index in [1.54, 1.807) is 31.2 Å². The summed E-state index contributed by atoms with van der Waals surface area (Å²) in [5, 5.41) is 3.01. The highest BCUT2D eigenvalue weighted by Crippen LogP contribution is 2.26. The van der Waals surface area contributed by atoms with Crippen molar-refractivity contribution in [2.24, 2.45) is 5.92 Å². The molecule has 2 aromatic carbocycles. The second-order valence-corrected chi connectivity index (χ2v) is 8.85. The zero-order valence-corrected chi connectivity index (χ0v) is 17.3. The van der Waals surface area contributed by atoms with Gasteiger partial charge in [0.05, 0.1) is 21.2 Å². The fraction of sp³-hybridized carbons (Fsp3) is 0.350. The standard InChI is InChI=1S/C20H25ClN2O3S/c1-4-23(16-8-6-5-7-9-16)27(25,26)17-10-11-19(21)18(14-17)20(24)22-13-12-15(2)3/h5-11,14-15H,4,12-13H2,1-3H3,(H,22,24). The summed E-state index contributed by atoms with van der Waals surface area (Å²) < 4.78 is 27.5. The number of amides is 1. The lowest BCUT2D eigenvalue weighted by molar-refractivity contribution is 0.0952. The summed E-state index contributed by atoms with van der Waals surface area (Å²) in [6, 6.07) is 13.1. The van der Waals surface area contributed by atoms with E-state index in [0.29, 0.717) is 18.2 Å². The molecular weight excluding hydrogens is 384 g/mol. The minimum atomic E-state index is -3.82. The first-order valence-electron chi connectivity index (χ1n) is 8.93. The van der Waals surface area contributed by atoms with Crippen LogP contribution in [-0.4, -0.2) is 27.4 Å². The van der Waals surface area contributed by atoms with Crippen molar-refractivity contribution in [3.8, 4) is 0 Å². The molecule has 2 rings (SSSR count). The summed E-state index contributed by atoms with van der Waals surface area (Å²) in [5.41, 5.74) is 0.725. The van der Waals surface area contributed by atoms with Gasteiger partial charge in [-0.3, -0.25) is 9.10 Å². The highest BCUT2D eigenvalue weighted by molar-refractivity contribution is 7.92. The molecule has 0 bridgehead atoms. The lowest BCUT2D eigenvalue weighted by Crippen LogP contribution is -2.31. The van der Waals surface area contributed by atoms with Crippen molar-refractivity contribution < 1.29 is 13.2 Å². The Morgan fingerprint density at radius 1 is 1.15 bits per heavy atom. The number of para-hydroxylation sites is 1. The van der Waals surface area contributed by atoms with Gasteiger partial charge in [-0.15, -0.1) is 0 Å². The number of hydrogen-bond acceptors (Lipinski definition) is 3. The Labute approximate surface area is 166 Å². The maximum Gasteiger partial charge on any atom is 0.264 e. The van der Waals surface area contributed by atoms with E-state index >= 15 is 0 Å². The SMILES string of the molecule is CCN(c1ccccc1)S(=O)(=O)c1ccc(Cl)c(C(=O)NCCC(C)C)c1. The lowest BCUT2D eigenvalue weighted by Gasteiger charge is -2.23. The van der Waals surface area contributed by atoms with Crippen LogP contribution in [0.5, 0.6) is 0 Å². The molecule has 5 nitrogen and oxygen atoms in total. The van der Waals surface area contributed by atoms with Gasteiger partial charge in [0, 0.05) is 13.1 Å². The minimum absolute atomic E-state index is 0.0339. The van der Waals surface area contributed by atoms with Crippen LogP contribution in [0.15, 0.2) is 53.4 Å². The van der Waals surface area contributed by atoms with Gasteiger partial charge in [0.25, 0.3) is 15.9 Å². The zero-order valence-electron chi connectivity index (χ0n) is 15.8. The van der Waals surface area contributed by atoms with Gasteiger partial charge in [-0.05, 0) is 49.6 Å². The van der Waals surface area contributed by atoms with Crippen LogP contribution in [0, 0.1) is 5.92 Å². The van der Waals surface area contributed by atoms with Crippen LogP contribution < -0.4 is 9.62 Å². The smallest absolute Gasteiger partial charge is 0.264 e. The molecule has 0 saturated heterocycles. The molecule has 0 aliphatic heterocycles. The quantitative estimate of drug-likeness (QED) is 0.706. The number of carbonyl (C=O) groups excluding carboxylic acids is 1. The summed E-state index contributed by atoms with van der Waals surface area (Å²) in [4.78, 5) is 12.5. The number of nitrogens with one attached hydrogen (secondary N) is 1. The number of carbonyl (C=O) groups is 1. The van der Waals surface area contributed by atoms with Gasteiger partial charge in [-0.25, -0.2) is 8.42 Å². The van der Waals surface area contributed by atoms with Crippen LogP contribution in [0.1, 0.15) is 37.6 Å². The molecule has 0 aromatic heterocycles. The van der Waals surface area contributed by atoms with Crippen molar-refractivity contribution in [1.29, 1.82) is 0 Å². The molecule has 0 spiro atoms. The molecule has 0 atom stereocenters. The molecular formula is C20H25ClN2O3S. The molecule has 0 aliphatic rings. The van der Waals surface area contributed by atoms with Crippen LogP contribution >= 0.6 is 11.6 Å². The van der Waals surface area contributed by atoms with Crippen LogP contribution in [0.4, 0.5) is 5.69 Å². The molecule has 0 aliphatic carbocycles. The Kier molecular flexibility index (Phi) is 7.27. The van der Waals surface area contributed by atoms with Gasteiger partial charge >= 0.3 is 0 Å². The summed E-state index contributed by atoms with van der Waals surface area (Å²) in [7, 11) is -3.82. The Bertz CT molecular complexity index is 883. The van der Waals surface area contributed by atoms with E-state index in [9.17, 15) is 13.2 Å². The average Bonchev–Trinajstić information content (AvgIpc) is 2.62. The van der Waals surface area contributed by atoms with E-state index in [0.717, 1.165) is 6.42 Å². The Morgan fingerprint density at radius 2 is 1.81 bits per heavy atom. The summed E-state index contributed by atoms with van der Waals surface area (Å²) in [6.45, 7) is 6.67. The molecule has 7 heteroatoms. The van der Waals surface area contributed by atoms with Crippen molar-refractivity contribution in [2.45, 2.75) is 32.1 Å². The molecule has 27 heavy (non-hydrogen) atoms. The van der Waals surface area contributed by atoms with Crippen molar-refractivity contribution in [3.05, 3.63) is 59.1 Å².